The molecular formula is C54H41BN2O2. The molecule has 0 atom stereocenters. The monoisotopic (exact) mass is 760 g/mol. The first-order valence-corrected chi connectivity index (χ1v) is 20.8. The lowest BCUT2D eigenvalue weighted by Crippen LogP contribution is -2.48. The van der Waals surface area contributed by atoms with Gasteiger partial charge in [0.1, 0.15) is 11.5 Å². The molecule has 0 spiro atoms. The molecule has 282 valence electrons. The zero-order valence-corrected chi connectivity index (χ0v) is 33.1. The van der Waals surface area contributed by atoms with Gasteiger partial charge in [-0.05, 0) is 118 Å². The minimum Gasteiger partial charge on any atom is -0.458 e. The summed E-state index contributed by atoms with van der Waals surface area (Å²) in [5.41, 5.74) is 12.6. The minimum atomic E-state index is 0.201. The van der Waals surface area contributed by atoms with Gasteiger partial charge >= 0.3 is 0 Å². The van der Waals surface area contributed by atoms with E-state index in [1.807, 2.05) is 19.9 Å². The molecule has 0 saturated heterocycles. The van der Waals surface area contributed by atoms with Crippen LogP contribution in [0.25, 0.3) is 49.4 Å². The number of para-hydroxylation sites is 5. The van der Waals surface area contributed by atoms with Crippen LogP contribution in [0.1, 0.15) is 26.7 Å². The molecule has 0 N–H and O–H groups in total. The topological polar surface area (TPSA) is 26.6 Å². The summed E-state index contributed by atoms with van der Waals surface area (Å²) in [7, 11) is 0. The highest BCUT2D eigenvalue weighted by molar-refractivity contribution is 6.92. The molecule has 0 bridgehead atoms. The Balaban J connectivity index is 0.00000196. The summed E-state index contributed by atoms with van der Waals surface area (Å²) < 4.78 is 15.9. The van der Waals surface area contributed by atoms with Gasteiger partial charge in [-0.2, -0.15) is 0 Å². The normalized spacial score (nSPS) is 13.7. The third-order valence-electron chi connectivity index (χ3n) is 11.9. The molecule has 4 nitrogen and oxygen atoms in total. The smallest absolute Gasteiger partial charge is 0.246 e. The van der Waals surface area contributed by atoms with E-state index in [4.69, 9.17) is 9.47 Å². The predicted molar refractivity (Wildman–Crippen MR) is 248 cm³/mol. The summed E-state index contributed by atoms with van der Waals surface area (Å²) in [6, 6.07) is 60.8. The maximum atomic E-state index is 6.91. The van der Waals surface area contributed by atoms with E-state index in [0.29, 0.717) is 0 Å². The molecule has 0 radical (unpaired) electrons. The molecule has 0 saturated carbocycles. The van der Waals surface area contributed by atoms with E-state index in [2.05, 4.69) is 191 Å². The molecule has 0 unspecified atom stereocenters. The van der Waals surface area contributed by atoms with Crippen LogP contribution in [0.5, 0.6) is 23.0 Å². The Hall–Kier alpha value is -7.24. The van der Waals surface area contributed by atoms with Crippen LogP contribution in [-0.2, 0) is 0 Å². The summed E-state index contributed by atoms with van der Waals surface area (Å²) in [5, 5.41) is 4.70. The van der Waals surface area contributed by atoms with Crippen LogP contribution in [0.2, 0.25) is 0 Å². The molecular weight excluding hydrogens is 719 g/mol. The number of fused-ring (bicyclic) bond motifs is 9. The number of allylic oxidation sites excluding steroid dienone is 4. The van der Waals surface area contributed by atoms with Crippen molar-refractivity contribution in [3.8, 4) is 39.8 Å². The van der Waals surface area contributed by atoms with Crippen LogP contribution >= 0.6 is 0 Å². The SMILES string of the molecule is C1=CCCC(B2c3ccccc3Oc3cc(-c4ccc5cc(-n6c7ccccc7c7ccc8c(c76)Oc6ccccc6N8c6ccccc6)ccc5c4)ccc32)=C1.CC. The Kier molecular flexibility index (Phi) is 8.48. The van der Waals surface area contributed by atoms with Gasteiger partial charge in [0.2, 0.25) is 6.71 Å². The molecule has 5 heteroatoms. The first-order chi connectivity index (χ1) is 29.3. The van der Waals surface area contributed by atoms with Gasteiger partial charge in [-0.25, -0.2) is 0 Å². The molecule has 59 heavy (non-hydrogen) atoms. The van der Waals surface area contributed by atoms with E-state index < -0.39 is 0 Å². The number of aromatic nitrogens is 1. The molecule has 8 aromatic carbocycles. The van der Waals surface area contributed by atoms with Gasteiger partial charge < -0.3 is 18.9 Å². The maximum Gasteiger partial charge on any atom is 0.246 e. The molecule has 0 fully saturated rings. The second kappa shape index (κ2) is 14.3. The fraction of sp³-hybridized carbons (Fsp3) is 0.0741. The van der Waals surface area contributed by atoms with Crippen molar-refractivity contribution in [2.45, 2.75) is 26.7 Å². The van der Waals surface area contributed by atoms with E-state index >= 15 is 0 Å². The van der Waals surface area contributed by atoms with Crippen LogP contribution in [-0.4, -0.2) is 11.3 Å². The standard InChI is InChI=1S/C52H35BN2O2.C2H6/c1-3-13-38(14-4-1)53-43-18-8-11-21-48(43)56-50-33-37(26-29-44(50)53)34-23-24-36-32-40(27-25-35(36)31-34)55-45-19-9-7-17-41(45)42-28-30-47-52(51(42)55)57-49-22-12-10-20-46(49)54(47)39-15-5-2-6-16-39;1-2/h1-3,5-13,15-33H,4,14H2;1-2H3. The lowest BCUT2D eigenvalue weighted by Gasteiger charge is -2.33. The minimum absolute atomic E-state index is 0.201. The van der Waals surface area contributed by atoms with Crippen molar-refractivity contribution in [1.29, 1.82) is 0 Å². The summed E-state index contributed by atoms with van der Waals surface area (Å²) >= 11 is 0. The summed E-state index contributed by atoms with van der Waals surface area (Å²) in [6.45, 7) is 4.20. The van der Waals surface area contributed by atoms with Crippen molar-refractivity contribution in [2.75, 3.05) is 4.90 Å². The zero-order chi connectivity index (χ0) is 39.5. The second-order valence-corrected chi connectivity index (χ2v) is 15.2. The highest BCUT2D eigenvalue weighted by atomic mass is 16.5. The average molecular weight is 761 g/mol. The second-order valence-electron chi connectivity index (χ2n) is 15.2. The van der Waals surface area contributed by atoms with Crippen LogP contribution in [0.3, 0.4) is 0 Å². The lowest BCUT2D eigenvalue weighted by molar-refractivity contribution is 0.481. The maximum absolute atomic E-state index is 6.91. The Morgan fingerprint density at radius 3 is 2.14 bits per heavy atom. The third kappa shape index (κ3) is 5.68. The van der Waals surface area contributed by atoms with Crippen molar-refractivity contribution < 1.29 is 9.47 Å². The highest BCUT2D eigenvalue weighted by Gasteiger charge is 2.34. The molecule has 12 rings (SSSR count). The zero-order valence-electron chi connectivity index (χ0n) is 33.1. The Morgan fingerprint density at radius 2 is 1.25 bits per heavy atom. The molecule has 2 aliphatic heterocycles. The molecule has 3 heterocycles. The van der Waals surface area contributed by atoms with E-state index in [-0.39, 0.29) is 6.71 Å². The van der Waals surface area contributed by atoms with Crippen LogP contribution in [0, 0.1) is 0 Å². The van der Waals surface area contributed by atoms with Crippen molar-refractivity contribution in [3.63, 3.8) is 0 Å². The van der Waals surface area contributed by atoms with Crippen molar-refractivity contribution >= 4 is 67.3 Å². The molecule has 1 aromatic heterocycles. The number of hydrogen-bond acceptors (Lipinski definition) is 3. The Bertz CT molecular complexity index is 3160. The summed E-state index contributed by atoms with van der Waals surface area (Å²) in [6.07, 6.45) is 8.89. The number of nitrogens with zero attached hydrogens (tertiary/aromatic N) is 2. The van der Waals surface area contributed by atoms with E-state index in [9.17, 15) is 0 Å². The van der Waals surface area contributed by atoms with E-state index in [1.165, 1.54) is 32.6 Å². The quantitative estimate of drug-likeness (QED) is 0.167. The van der Waals surface area contributed by atoms with Gasteiger partial charge in [-0.3, -0.25) is 0 Å². The van der Waals surface area contributed by atoms with Gasteiger partial charge in [0.05, 0.1) is 22.4 Å². The highest BCUT2D eigenvalue weighted by Crippen LogP contribution is 2.54. The Morgan fingerprint density at radius 1 is 0.525 bits per heavy atom. The third-order valence-corrected chi connectivity index (χ3v) is 11.9. The van der Waals surface area contributed by atoms with E-state index in [1.54, 1.807) is 0 Å². The van der Waals surface area contributed by atoms with Gasteiger partial charge in [0, 0.05) is 22.1 Å². The van der Waals surface area contributed by atoms with Gasteiger partial charge in [-0.15, -0.1) is 0 Å². The predicted octanol–water partition coefficient (Wildman–Crippen LogP) is 13.7. The van der Waals surface area contributed by atoms with Crippen molar-refractivity contribution in [2.24, 2.45) is 0 Å². The first-order valence-electron chi connectivity index (χ1n) is 20.8. The van der Waals surface area contributed by atoms with Gasteiger partial charge in [-0.1, -0.05) is 135 Å². The van der Waals surface area contributed by atoms with Gasteiger partial charge in [0.25, 0.3) is 0 Å². The summed E-state index contributed by atoms with van der Waals surface area (Å²) in [4.78, 5) is 2.31. The largest absolute Gasteiger partial charge is 0.458 e. The van der Waals surface area contributed by atoms with Crippen molar-refractivity contribution in [3.05, 3.63) is 194 Å². The van der Waals surface area contributed by atoms with E-state index in [0.717, 1.165) is 86.1 Å². The fourth-order valence-corrected chi connectivity index (χ4v) is 9.34. The summed E-state index contributed by atoms with van der Waals surface area (Å²) in [5.74, 6) is 3.56. The average Bonchev–Trinajstić information content (AvgIpc) is 3.65. The lowest BCUT2D eigenvalue weighted by atomic mass is 9.34. The molecule has 1 aliphatic carbocycles. The molecule has 0 amide bonds. The molecule has 3 aliphatic rings. The number of anilines is 3. The number of rotatable bonds is 4. The first kappa shape index (κ1) is 35.0. The van der Waals surface area contributed by atoms with Crippen molar-refractivity contribution in [1.82, 2.24) is 4.57 Å². The molecule has 9 aromatic rings. The van der Waals surface area contributed by atoms with Crippen LogP contribution in [0.15, 0.2) is 194 Å². The van der Waals surface area contributed by atoms with Gasteiger partial charge in [0.15, 0.2) is 11.5 Å². The Labute approximate surface area is 345 Å². The number of ether oxygens (including phenoxy) is 2. The van der Waals surface area contributed by atoms with Crippen LogP contribution < -0.4 is 25.3 Å². The fourth-order valence-electron chi connectivity index (χ4n) is 9.34. The van der Waals surface area contributed by atoms with Crippen LogP contribution in [0.4, 0.5) is 17.1 Å². The number of hydrogen-bond donors (Lipinski definition) is 0. The number of benzene rings is 8.